The van der Waals surface area contributed by atoms with E-state index in [0.29, 0.717) is 11.5 Å². The van der Waals surface area contributed by atoms with Crippen LogP contribution in [0.25, 0.3) is 0 Å². The highest BCUT2D eigenvalue weighted by atomic mass is 16.6. The average molecular weight is 394 g/mol. The summed E-state index contributed by atoms with van der Waals surface area (Å²) in [6.45, 7) is 1.81. The number of methoxy groups -OCH3 is 1. The van der Waals surface area contributed by atoms with E-state index in [2.05, 4.69) is 20.3 Å². The summed E-state index contributed by atoms with van der Waals surface area (Å²) in [6, 6.07) is 11.9. The molecule has 0 atom stereocenters. The van der Waals surface area contributed by atoms with Crippen LogP contribution in [0.5, 0.6) is 0 Å². The van der Waals surface area contributed by atoms with Crippen molar-refractivity contribution in [3.63, 3.8) is 0 Å². The number of nitrogens with one attached hydrogen (secondary N) is 1. The molecule has 10 nitrogen and oxygen atoms in total. The van der Waals surface area contributed by atoms with Crippen LogP contribution in [0.1, 0.15) is 16.1 Å². The molecule has 29 heavy (non-hydrogen) atoms. The van der Waals surface area contributed by atoms with Gasteiger partial charge in [0.2, 0.25) is 11.6 Å². The summed E-state index contributed by atoms with van der Waals surface area (Å²) in [7, 11) is 2.84. The molecule has 1 N–H and O–H groups in total. The molecule has 0 bridgehead atoms. The SMILES string of the molecule is COC(=O)c1ccccc1N(C)c1ncnc(Nc2cccc(C)n2)c1[N+](=O)[O-]. The highest BCUT2D eigenvalue weighted by Crippen LogP contribution is 2.37. The van der Waals surface area contributed by atoms with Crippen molar-refractivity contribution in [2.75, 3.05) is 24.4 Å². The van der Waals surface area contributed by atoms with Gasteiger partial charge in [-0.15, -0.1) is 0 Å². The smallest absolute Gasteiger partial charge is 0.354 e. The monoisotopic (exact) mass is 394 g/mol. The van der Waals surface area contributed by atoms with Crippen LogP contribution < -0.4 is 10.2 Å². The van der Waals surface area contributed by atoms with Crippen molar-refractivity contribution in [2.45, 2.75) is 6.92 Å². The van der Waals surface area contributed by atoms with Crippen LogP contribution in [-0.4, -0.2) is 40.0 Å². The number of nitrogens with zero attached hydrogens (tertiary/aromatic N) is 5. The van der Waals surface area contributed by atoms with Gasteiger partial charge < -0.3 is 15.0 Å². The number of carbonyl (C=O) groups excluding carboxylic acids is 1. The van der Waals surface area contributed by atoms with Gasteiger partial charge >= 0.3 is 11.7 Å². The second-order valence-corrected chi connectivity index (χ2v) is 6.01. The number of aromatic nitrogens is 3. The van der Waals surface area contributed by atoms with Crippen molar-refractivity contribution in [2.24, 2.45) is 0 Å². The lowest BCUT2D eigenvalue weighted by Crippen LogP contribution is -2.18. The van der Waals surface area contributed by atoms with Gasteiger partial charge in [-0.25, -0.2) is 19.7 Å². The highest BCUT2D eigenvalue weighted by Gasteiger charge is 2.28. The number of rotatable bonds is 6. The van der Waals surface area contributed by atoms with E-state index >= 15 is 0 Å². The van der Waals surface area contributed by atoms with E-state index in [1.54, 1.807) is 43.4 Å². The van der Waals surface area contributed by atoms with Crippen LogP contribution in [0, 0.1) is 17.0 Å². The van der Waals surface area contributed by atoms with Gasteiger partial charge in [0.15, 0.2) is 0 Å². The number of carbonyl (C=O) groups is 1. The summed E-state index contributed by atoms with van der Waals surface area (Å²) in [5, 5.41) is 14.7. The van der Waals surface area contributed by atoms with E-state index in [1.165, 1.54) is 18.3 Å². The molecule has 0 aliphatic rings. The third kappa shape index (κ3) is 4.10. The Labute approximate surface area is 166 Å². The molecule has 0 aliphatic heterocycles. The fourth-order valence-corrected chi connectivity index (χ4v) is 2.77. The lowest BCUT2D eigenvalue weighted by molar-refractivity contribution is -0.383. The van der Waals surface area contributed by atoms with Crippen molar-refractivity contribution in [1.29, 1.82) is 0 Å². The third-order valence-electron chi connectivity index (χ3n) is 4.11. The van der Waals surface area contributed by atoms with Crippen LogP contribution in [-0.2, 0) is 4.74 Å². The summed E-state index contributed by atoms with van der Waals surface area (Å²) >= 11 is 0. The number of hydrogen-bond donors (Lipinski definition) is 1. The van der Waals surface area contributed by atoms with Gasteiger partial charge in [0.05, 0.1) is 23.3 Å². The molecule has 0 saturated carbocycles. The number of para-hydroxylation sites is 1. The minimum atomic E-state index is -0.579. The van der Waals surface area contributed by atoms with Crippen molar-refractivity contribution < 1.29 is 14.5 Å². The maximum absolute atomic E-state index is 12.1. The molecule has 148 valence electrons. The topological polar surface area (TPSA) is 123 Å². The number of anilines is 4. The molecule has 2 aromatic heterocycles. The number of nitro groups is 1. The van der Waals surface area contributed by atoms with Gasteiger partial charge in [0, 0.05) is 12.7 Å². The normalized spacial score (nSPS) is 10.3. The lowest BCUT2D eigenvalue weighted by Gasteiger charge is -2.21. The lowest BCUT2D eigenvalue weighted by atomic mass is 10.1. The van der Waals surface area contributed by atoms with Gasteiger partial charge in [-0.1, -0.05) is 18.2 Å². The van der Waals surface area contributed by atoms with Crippen LogP contribution in [0.4, 0.5) is 28.8 Å². The molecular weight excluding hydrogens is 376 g/mol. The second kappa shape index (κ2) is 8.30. The zero-order chi connectivity index (χ0) is 21.0. The van der Waals surface area contributed by atoms with Crippen molar-refractivity contribution in [3.05, 3.63) is 70.2 Å². The van der Waals surface area contributed by atoms with Crippen LogP contribution in [0.2, 0.25) is 0 Å². The van der Waals surface area contributed by atoms with Crippen molar-refractivity contribution >= 4 is 34.8 Å². The Morgan fingerprint density at radius 2 is 1.93 bits per heavy atom. The Kier molecular flexibility index (Phi) is 5.63. The molecule has 0 aliphatic carbocycles. The molecular formula is C19H18N6O4. The molecule has 10 heteroatoms. The van der Waals surface area contributed by atoms with E-state index in [9.17, 15) is 14.9 Å². The zero-order valence-corrected chi connectivity index (χ0v) is 16.0. The zero-order valence-electron chi connectivity index (χ0n) is 16.0. The van der Waals surface area contributed by atoms with Gasteiger partial charge in [0.1, 0.15) is 12.1 Å². The first kappa shape index (κ1) is 19.7. The number of ether oxygens (including phenoxy) is 1. The standard InChI is InChI=1S/C19H18N6O4/c1-12-7-6-10-15(22-12)23-17-16(25(27)28)18(21-11-20-17)24(2)14-9-5-4-8-13(14)19(26)29-3/h4-11H,1-3H3,(H,20,21,22,23). The Morgan fingerprint density at radius 1 is 1.17 bits per heavy atom. The fraction of sp³-hybridized carbons (Fsp3) is 0.158. The highest BCUT2D eigenvalue weighted by molar-refractivity contribution is 5.97. The van der Waals surface area contributed by atoms with E-state index in [-0.39, 0.29) is 22.9 Å². The van der Waals surface area contributed by atoms with E-state index < -0.39 is 10.9 Å². The quantitative estimate of drug-likeness (QED) is 0.380. The Balaban J connectivity index is 2.09. The summed E-state index contributed by atoms with van der Waals surface area (Å²) < 4.78 is 4.80. The maximum Gasteiger partial charge on any atom is 0.354 e. The first-order valence-electron chi connectivity index (χ1n) is 8.53. The van der Waals surface area contributed by atoms with Crippen LogP contribution in [0.15, 0.2) is 48.8 Å². The third-order valence-corrected chi connectivity index (χ3v) is 4.11. The molecule has 2 heterocycles. The van der Waals surface area contributed by atoms with Crippen molar-refractivity contribution in [3.8, 4) is 0 Å². The Morgan fingerprint density at radius 3 is 2.62 bits per heavy atom. The minimum Gasteiger partial charge on any atom is -0.465 e. The molecule has 3 rings (SSSR count). The molecule has 1 aromatic carbocycles. The van der Waals surface area contributed by atoms with Crippen molar-refractivity contribution in [1.82, 2.24) is 15.0 Å². The van der Waals surface area contributed by atoms with Crippen LogP contribution in [0.3, 0.4) is 0 Å². The molecule has 3 aromatic rings. The Hall–Kier alpha value is -4.08. The summed E-state index contributed by atoms with van der Waals surface area (Å²) in [5.41, 5.74) is 1.05. The molecule has 0 radical (unpaired) electrons. The first-order chi connectivity index (χ1) is 13.9. The number of hydrogen-bond acceptors (Lipinski definition) is 9. The molecule has 0 amide bonds. The second-order valence-electron chi connectivity index (χ2n) is 6.01. The Bertz CT molecular complexity index is 1070. The number of benzene rings is 1. The summed E-state index contributed by atoms with van der Waals surface area (Å²) in [5.74, 6) is -0.154. The maximum atomic E-state index is 12.1. The molecule has 0 saturated heterocycles. The van der Waals surface area contributed by atoms with E-state index in [4.69, 9.17) is 4.74 Å². The van der Waals surface area contributed by atoms with Gasteiger partial charge in [-0.2, -0.15) is 0 Å². The first-order valence-corrected chi connectivity index (χ1v) is 8.53. The number of esters is 1. The largest absolute Gasteiger partial charge is 0.465 e. The van der Waals surface area contributed by atoms with E-state index in [1.807, 2.05) is 13.0 Å². The van der Waals surface area contributed by atoms with Gasteiger partial charge in [0.25, 0.3) is 0 Å². The molecule has 0 unspecified atom stereocenters. The summed E-state index contributed by atoms with van der Waals surface area (Å²) in [4.78, 5) is 37.2. The van der Waals surface area contributed by atoms with E-state index in [0.717, 1.165) is 5.69 Å². The average Bonchev–Trinajstić information content (AvgIpc) is 2.72. The van der Waals surface area contributed by atoms with Gasteiger partial charge in [-0.05, 0) is 31.2 Å². The molecule has 0 spiro atoms. The molecule has 0 fully saturated rings. The number of aryl methyl sites for hydroxylation is 1. The van der Waals surface area contributed by atoms with Crippen LogP contribution >= 0.6 is 0 Å². The van der Waals surface area contributed by atoms with Gasteiger partial charge in [-0.3, -0.25) is 10.1 Å². The summed E-state index contributed by atoms with van der Waals surface area (Å²) in [6.07, 6.45) is 1.21. The minimum absolute atomic E-state index is 0.0107. The predicted octanol–water partition coefficient (Wildman–Crippen LogP) is 3.39. The fourth-order valence-electron chi connectivity index (χ4n) is 2.77. The number of pyridine rings is 1. The predicted molar refractivity (Wildman–Crippen MR) is 107 cm³/mol.